The highest BCUT2D eigenvalue weighted by Crippen LogP contribution is 2.42. The zero-order valence-corrected chi connectivity index (χ0v) is 11.9. The minimum atomic E-state index is -0.954. The van der Waals surface area contributed by atoms with Crippen LogP contribution in [-0.2, 0) is 20.4 Å². The molecule has 0 spiro atoms. The largest absolute Gasteiger partial charge is 0.340 e. The van der Waals surface area contributed by atoms with Crippen LogP contribution in [0.5, 0.6) is 0 Å². The smallest absolute Gasteiger partial charge is 0.249 e. The van der Waals surface area contributed by atoms with E-state index in [1.165, 1.54) is 0 Å². The monoisotopic (exact) mass is 272 g/mol. The lowest BCUT2D eigenvalue weighted by Gasteiger charge is -2.43. The molecule has 1 heterocycles. The summed E-state index contributed by atoms with van der Waals surface area (Å²) >= 11 is 0. The number of nitrogens with zero attached hydrogens (tertiary/aromatic N) is 1. The van der Waals surface area contributed by atoms with E-state index in [1.807, 2.05) is 6.92 Å². The Morgan fingerprint density at radius 3 is 2.56 bits per heavy atom. The molecule has 0 aromatic carbocycles. The summed E-state index contributed by atoms with van der Waals surface area (Å²) in [7, 11) is -0.954. The van der Waals surface area contributed by atoms with Crippen molar-refractivity contribution < 1.29 is 13.8 Å². The van der Waals surface area contributed by atoms with E-state index in [9.17, 15) is 13.8 Å². The van der Waals surface area contributed by atoms with Crippen LogP contribution >= 0.6 is 0 Å². The number of rotatable bonds is 4. The molecule has 2 rings (SSSR count). The van der Waals surface area contributed by atoms with E-state index in [-0.39, 0.29) is 17.7 Å². The van der Waals surface area contributed by atoms with Crippen LogP contribution in [0, 0.1) is 5.92 Å². The minimum absolute atomic E-state index is 0.0254. The van der Waals surface area contributed by atoms with E-state index in [4.69, 9.17) is 0 Å². The van der Waals surface area contributed by atoms with Gasteiger partial charge in [0.2, 0.25) is 11.8 Å². The van der Waals surface area contributed by atoms with E-state index < -0.39 is 22.4 Å². The number of amides is 2. The molecule has 1 saturated carbocycles. The predicted molar refractivity (Wildman–Crippen MR) is 69.4 cm³/mol. The van der Waals surface area contributed by atoms with Crippen LogP contribution in [0.4, 0.5) is 0 Å². The maximum atomic E-state index is 12.5. The number of hydrogen-bond donors (Lipinski definition) is 1. The molecule has 1 aliphatic heterocycles. The highest BCUT2D eigenvalue weighted by atomic mass is 32.2. The average Bonchev–Trinajstić information content (AvgIpc) is 3.10. The molecule has 1 aliphatic carbocycles. The van der Waals surface area contributed by atoms with Crippen molar-refractivity contribution in [2.24, 2.45) is 5.92 Å². The van der Waals surface area contributed by atoms with Crippen molar-refractivity contribution in [2.75, 3.05) is 18.6 Å². The van der Waals surface area contributed by atoms with Gasteiger partial charge in [0.1, 0.15) is 11.6 Å². The molecular formula is C12H20N2O3S. The predicted octanol–water partition coefficient (Wildman–Crippen LogP) is -0.119. The summed E-state index contributed by atoms with van der Waals surface area (Å²) < 4.78 is 11.2. The van der Waals surface area contributed by atoms with Gasteiger partial charge in [-0.3, -0.25) is 13.8 Å². The van der Waals surface area contributed by atoms with Crippen molar-refractivity contribution in [2.45, 2.75) is 38.3 Å². The summed E-state index contributed by atoms with van der Waals surface area (Å²) in [5, 5.41) is 2.87. The SMILES string of the molecule is CC1C(=O)NC(C)(C2CC2)C(=O)N1CCS(C)=O. The van der Waals surface area contributed by atoms with Gasteiger partial charge < -0.3 is 10.2 Å². The fraction of sp³-hybridized carbons (Fsp3) is 0.833. The molecule has 0 bridgehead atoms. The van der Waals surface area contributed by atoms with Crippen molar-refractivity contribution >= 4 is 22.6 Å². The Bertz CT molecular complexity index is 408. The zero-order chi connectivity index (χ0) is 13.5. The van der Waals surface area contributed by atoms with E-state index in [0.717, 1.165) is 12.8 Å². The first-order valence-corrected chi connectivity index (χ1v) is 8.02. The molecule has 3 atom stereocenters. The molecule has 1 N–H and O–H groups in total. The Hall–Kier alpha value is -0.910. The van der Waals surface area contributed by atoms with Crippen molar-refractivity contribution in [1.82, 2.24) is 10.2 Å². The van der Waals surface area contributed by atoms with Crippen LogP contribution in [0.3, 0.4) is 0 Å². The number of piperazine rings is 1. The van der Waals surface area contributed by atoms with Crippen LogP contribution in [0.2, 0.25) is 0 Å². The first-order chi connectivity index (χ1) is 8.36. The van der Waals surface area contributed by atoms with Gasteiger partial charge in [-0.2, -0.15) is 0 Å². The first-order valence-electron chi connectivity index (χ1n) is 6.29. The Kier molecular flexibility index (Phi) is 3.49. The molecule has 102 valence electrons. The van der Waals surface area contributed by atoms with Crippen LogP contribution in [0.25, 0.3) is 0 Å². The Morgan fingerprint density at radius 2 is 2.06 bits per heavy atom. The lowest BCUT2D eigenvalue weighted by atomic mass is 9.90. The molecule has 6 heteroatoms. The van der Waals surface area contributed by atoms with Crippen LogP contribution in [-0.4, -0.2) is 51.1 Å². The summed E-state index contributed by atoms with van der Waals surface area (Å²) in [6.07, 6.45) is 3.59. The van der Waals surface area contributed by atoms with Crippen molar-refractivity contribution in [3.8, 4) is 0 Å². The summed E-state index contributed by atoms with van der Waals surface area (Å²) in [6.45, 7) is 3.92. The van der Waals surface area contributed by atoms with E-state index in [1.54, 1.807) is 18.1 Å². The van der Waals surface area contributed by atoms with Gasteiger partial charge in [-0.15, -0.1) is 0 Å². The highest BCUT2D eigenvalue weighted by molar-refractivity contribution is 7.84. The summed E-state index contributed by atoms with van der Waals surface area (Å²) in [5.74, 6) is 0.550. The van der Waals surface area contributed by atoms with E-state index in [0.29, 0.717) is 12.3 Å². The van der Waals surface area contributed by atoms with Gasteiger partial charge >= 0.3 is 0 Å². The van der Waals surface area contributed by atoms with Crippen molar-refractivity contribution in [3.63, 3.8) is 0 Å². The molecule has 2 amide bonds. The summed E-state index contributed by atoms with van der Waals surface area (Å²) in [5.41, 5.74) is -0.751. The van der Waals surface area contributed by atoms with Gasteiger partial charge in [-0.1, -0.05) is 0 Å². The summed E-state index contributed by atoms with van der Waals surface area (Å²) in [4.78, 5) is 26.1. The van der Waals surface area contributed by atoms with E-state index >= 15 is 0 Å². The molecule has 2 aliphatic rings. The third-order valence-corrected chi connectivity index (χ3v) is 4.71. The van der Waals surface area contributed by atoms with Gasteiger partial charge in [0.25, 0.3) is 0 Å². The third-order valence-electron chi connectivity index (χ3n) is 3.95. The topological polar surface area (TPSA) is 66.5 Å². The van der Waals surface area contributed by atoms with Gasteiger partial charge in [-0.05, 0) is 32.6 Å². The second-order valence-corrected chi connectivity index (χ2v) is 6.97. The van der Waals surface area contributed by atoms with Crippen LogP contribution in [0.1, 0.15) is 26.7 Å². The molecule has 18 heavy (non-hydrogen) atoms. The molecule has 0 aromatic heterocycles. The Balaban J connectivity index is 2.17. The fourth-order valence-corrected chi connectivity index (χ4v) is 2.94. The maximum absolute atomic E-state index is 12.5. The fourth-order valence-electron chi connectivity index (χ4n) is 2.49. The lowest BCUT2D eigenvalue weighted by molar-refractivity contribution is -0.154. The van der Waals surface area contributed by atoms with Crippen molar-refractivity contribution in [1.29, 1.82) is 0 Å². The Labute approximate surface area is 110 Å². The molecule has 1 saturated heterocycles. The highest BCUT2D eigenvalue weighted by Gasteiger charge is 2.54. The number of nitrogens with one attached hydrogen (secondary N) is 1. The molecule has 5 nitrogen and oxygen atoms in total. The quantitative estimate of drug-likeness (QED) is 0.776. The lowest BCUT2D eigenvalue weighted by Crippen LogP contribution is -2.69. The number of carbonyl (C=O) groups excluding carboxylic acids is 2. The zero-order valence-electron chi connectivity index (χ0n) is 11.1. The third kappa shape index (κ3) is 2.30. The normalized spacial score (nSPS) is 34.4. The van der Waals surface area contributed by atoms with Crippen molar-refractivity contribution in [3.05, 3.63) is 0 Å². The second-order valence-electron chi connectivity index (χ2n) is 5.42. The van der Waals surface area contributed by atoms with Crippen LogP contribution < -0.4 is 5.32 Å². The molecule has 0 aromatic rings. The minimum Gasteiger partial charge on any atom is -0.340 e. The standard InChI is InChI=1S/C12H20N2O3S/c1-8-10(15)13-12(2,9-4-5-9)11(16)14(8)6-7-18(3)17/h8-9H,4-7H2,1-3H3,(H,13,15). The number of carbonyl (C=O) groups is 2. The molecular weight excluding hydrogens is 252 g/mol. The van der Waals surface area contributed by atoms with Gasteiger partial charge in [-0.25, -0.2) is 0 Å². The number of hydrogen-bond acceptors (Lipinski definition) is 3. The molecule has 2 fully saturated rings. The van der Waals surface area contributed by atoms with Gasteiger partial charge in [0.15, 0.2) is 0 Å². The average molecular weight is 272 g/mol. The van der Waals surface area contributed by atoms with Gasteiger partial charge in [0.05, 0.1) is 0 Å². The second kappa shape index (κ2) is 4.64. The molecule has 0 radical (unpaired) electrons. The first kappa shape index (κ1) is 13.5. The Morgan fingerprint density at radius 1 is 1.44 bits per heavy atom. The molecule has 3 unspecified atom stereocenters. The van der Waals surface area contributed by atoms with Crippen LogP contribution in [0.15, 0.2) is 0 Å². The maximum Gasteiger partial charge on any atom is 0.249 e. The van der Waals surface area contributed by atoms with E-state index in [2.05, 4.69) is 5.32 Å². The summed E-state index contributed by atoms with van der Waals surface area (Å²) in [6, 6.07) is -0.465. The van der Waals surface area contributed by atoms with Gasteiger partial charge in [0, 0.05) is 29.4 Å².